The van der Waals surface area contributed by atoms with Gasteiger partial charge in [0.15, 0.2) is 0 Å². The van der Waals surface area contributed by atoms with Crippen LogP contribution in [0.2, 0.25) is 0 Å². The van der Waals surface area contributed by atoms with E-state index in [1.807, 2.05) is 0 Å². The lowest BCUT2D eigenvalue weighted by Gasteiger charge is -2.24. The molecule has 0 rings (SSSR count). The molecule has 0 fully saturated rings. The number of rotatable bonds is 14. The van der Waals surface area contributed by atoms with Gasteiger partial charge < -0.3 is 38.3 Å². The lowest BCUT2D eigenvalue weighted by molar-refractivity contribution is -0.143. The van der Waals surface area contributed by atoms with E-state index in [1.54, 1.807) is 13.8 Å². The number of carbonyl (C=O) groups is 6. The van der Waals surface area contributed by atoms with Gasteiger partial charge in [0, 0.05) is 6.42 Å². The SMILES string of the molecule is CC(C)CC(NC(=O)C(CCC(N)=O)NC(=O)C(CC(N)=O)NC(=O)CN)C(=O)O. The molecule has 13 nitrogen and oxygen atoms in total. The Morgan fingerprint density at radius 2 is 1.37 bits per heavy atom. The van der Waals surface area contributed by atoms with Crippen molar-refractivity contribution in [1.29, 1.82) is 0 Å². The van der Waals surface area contributed by atoms with Crippen LogP contribution in [0.15, 0.2) is 0 Å². The van der Waals surface area contributed by atoms with Crippen LogP contribution in [0.4, 0.5) is 0 Å². The van der Waals surface area contributed by atoms with Crippen LogP contribution >= 0.6 is 0 Å². The fraction of sp³-hybridized carbons (Fsp3) is 0.647. The molecule has 0 aromatic carbocycles. The number of carboxylic acid groups (broad SMARTS) is 1. The van der Waals surface area contributed by atoms with Crippen LogP contribution in [0.3, 0.4) is 0 Å². The van der Waals surface area contributed by atoms with Crippen molar-refractivity contribution in [2.24, 2.45) is 23.1 Å². The summed E-state index contributed by atoms with van der Waals surface area (Å²) in [5.74, 6) is -5.48. The summed E-state index contributed by atoms with van der Waals surface area (Å²) >= 11 is 0. The molecule has 0 aliphatic rings. The van der Waals surface area contributed by atoms with Gasteiger partial charge in [0.25, 0.3) is 0 Å². The van der Waals surface area contributed by atoms with Gasteiger partial charge in [-0.05, 0) is 18.8 Å². The average molecular weight is 430 g/mol. The van der Waals surface area contributed by atoms with Crippen LogP contribution in [0.25, 0.3) is 0 Å². The van der Waals surface area contributed by atoms with E-state index < -0.39 is 66.6 Å². The lowest BCUT2D eigenvalue weighted by atomic mass is 10.0. The van der Waals surface area contributed by atoms with Crippen LogP contribution in [-0.4, -0.2) is 65.3 Å². The van der Waals surface area contributed by atoms with Gasteiger partial charge in [-0.25, -0.2) is 4.79 Å². The molecule has 30 heavy (non-hydrogen) atoms. The second kappa shape index (κ2) is 13.1. The Labute approximate surface area is 173 Å². The minimum Gasteiger partial charge on any atom is -0.480 e. The number of amides is 5. The van der Waals surface area contributed by atoms with E-state index in [2.05, 4.69) is 16.0 Å². The van der Waals surface area contributed by atoms with E-state index in [-0.39, 0.29) is 25.2 Å². The standard InChI is InChI=1S/C17H30N6O7/c1-8(2)5-11(17(29)30)23-15(27)9(3-4-12(19)24)22-16(28)10(6-13(20)25)21-14(26)7-18/h8-11H,3-7,18H2,1-2H3,(H2,19,24)(H2,20,25)(H,21,26)(H,22,28)(H,23,27)(H,29,30). The summed E-state index contributed by atoms with van der Waals surface area (Å²) in [6.45, 7) is 3.08. The monoisotopic (exact) mass is 430 g/mol. The maximum Gasteiger partial charge on any atom is 0.326 e. The van der Waals surface area contributed by atoms with E-state index in [0.29, 0.717) is 0 Å². The molecular weight excluding hydrogens is 400 g/mol. The number of nitrogens with two attached hydrogens (primary N) is 3. The Morgan fingerprint density at radius 1 is 0.833 bits per heavy atom. The highest BCUT2D eigenvalue weighted by molar-refractivity contribution is 5.95. The summed E-state index contributed by atoms with van der Waals surface area (Å²) < 4.78 is 0. The fourth-order valence-electron chi connectivity index (χ4n) is 2.46. The lowest BCUT2D eigenvalue weighted by Crippen LogP contribution is -2.57. The predicted octanol–water partition coefficient (Wildman–Crippen LogP) is -3.33. The number of nitrogens with one attached hydrogen (secondary N) is 3. The van der Waals surface area contributed by atoms with Crippen molar-refractivity contribution in [3.05, 3.63) is 0 Å². The fourth-order valence-corrected chi connectivity index (χ4v) is 2.46. The van der Waals surface area contributed by atoms with Gasteiger partial charge in [0.1, 0.15) is 18.1 Å². The molecule has 3 unspecified atom stereocenters. The number of hydrogen-bond acceptors (Lipinski definition) is 7. The summed E-state index contributed by atoms with van der Waals surface area (Å²) in [7, 11) is 0. The topological polar surface area (TPSA) is 237 Å². The van der Waals surface area contributed by atoms with Crippen molar-refractivity contribution in [2.45, 2.75) is 57.7 Å². The minimum atomic E-state index is -1.41. The van der Waals surface area contributed by atoms with Gasteiger partial charge in [-0.1, -0.05) is 13.8 Å². The summed E-state index contributed by atoms with van der Waals surface area (Å²) in [6.07, 6.45) is -0.938. The average Bonchev–Trinajstić information content (AvgIpc) is 2.62. The number of aliphatic carboxylic acids is 1. The van der Waals surface area contributed by atoms with Crippen LogP contribution in [0.1, 0.15) is 39.5 Å². The first-order valence-corrected chi connectivity index (χ1v) is 9.26. The quantitative estimate of drug-likeness (QED) is 0.147. The van der Waals surface area contributed by atoms with E-state index in [1.165, 1.54) is 0 Å². The molecule has 5 amide bonds. The Bertz CT molecular complexity index is 667. The number of primary amides is 2. The highest BCUT2D eigenvalue weighted by atomic mass is 16.4. The van der Waals surface area contributed by atoms with Crippen molar-refractivity contribution in [3.8, 4) is 0 Å². The second-order valence-electron chi connectivity index (χ2n) is 7.09. The molecular formula is C17H30N6O7. The van der Waals surface area contributed by atoms with Gasteiger partial charge in [0.2, 0.25) is 29.5 Å². The molecule has 13 heteroatoms. The normalized spacial score (nSPS) is 13.6. The van der Waals surface area contributed by atoms with Crippen molar-refractivity contribution in [2.75, 3.05) is 6.54 Å². The summed E-state index contributed by atoms with van der Waals surface area (Å²) in [5.41, 5.74) is 15.3. The molecule has 0 radical (unpaired) electrons. The molecule has 170 valence electrons. The molecule has 0 aliphatic carbocycles. The summed E-state index contributed by atoms with van der Waals surface area (Å²) in [6, 6.07) is -3.97. The highest BCUT2D eigenvalue weighted by Gasteiger charge is 2.30. The first-order valence-electron chi connectivity index (χ1n) is 9.26. The van der Waals surface area contributed by atoms with Crippen molar-refractivity contribution >= 4 is 35.5 Å². The van der Waals surface area contributed by atoms with Gasteiger partial charge in [-0.2, -0.15) is 0 Å². The zero-order chi connectivity index (χ0) is 23.4. The number of carbonyl (C=O) groups excluding carboxylic acids is 5. The zero-order valence-electron chi connectivity index (χ0n) is 17.0. The molecule has 0 saturated carbocycles. The Morgan fingerprint density at radius 3 is 1.80 bits per heavy atom. The van der Waals surface area contributed by atoms with Crippen molar-refractivity contribution < 1.29 is 33.9 Å². The molecule has 0 saturated heterocycles. The maximum atomic E-state index is 12.6. The summed E-state index contributed by atoms with van der Waals surface area (Å²) in [5, 5.41) is 16.1. The first-order chi connectivity index (χ1) is 13.9. The van der Waals surface area contributed by atoms with E-state index >= 15 is 0 Å². The molecule has 0 aromatic heterocycles. The van der Waals surface area contributed by atoms with Crippen molar-refractivity contribution in [3.63, 3.8) is 0 Å². The Kier molecular flexibility index (Phi) is 11.7. The molecule has 0 aliphatic heterocycles. The van der Waals surface area contributed by atoms with Crippen LogP contribution in [0, 0.1) is 5.92 Å². The number of hydrogen-bond donors (Lipinski definition) is 7. The Hall–Kier alpha value is -3.22. The third kappa shape index (κ3) is 10.9. The van der Waals surface area contributed by atoms with Crippen LogP contribution in [0.5, 0.6) is 0 Å². The first kappa shape index (κ1) is 26.8. The molecule has 0 heterocycles. The maximum absolute atomic E-state index is 12.6. The third-order valence-electron chi connectivity index (χ3n) is 3.88. The summed E-state index contributed by atoms with van der Waals surface area (Å²) in [4.78, 5) is 70.2. The van der Waals surface area contributed by atoms with Crippen LogP contribution in [-0.2, 0) is 28.8 Å². The number of carboxylic acids is 1. The molecule has 3 atom stereocenters. The van der Waals surface area contributed by atoms with Gasteiger partial charge >= 0.3 is 5.97 Å². The van der Waals surface area contributed by atoms with Gasteiger partial charge in [-0.3, -0.25) is 24.0 Å². The smallest absolute Gasteiger partial charge is 0.326 e. The van der Waals surface area contributed by atoms with Gasteiger partial charge in [0.05, 0.1) is 13.0 Å². The zero-order valence-corrected chi connectivity index (χ0v) is 17.0. The molecule has 10 N–H and O–H groups in total. The van der Waals surface area contributed by atoms with E-state index in [0.717, 1.165) is 0 Å². The minimum absolute atomic E-state index is 0.0449. The molecule has 0 aromatic rings. The third-order valence-corrected chi connectivity index (χ3v) is 3.88. The van der Waals surface area contributed by atoms with Crippen molar-refractivity contribution in [1.82, 2.24) is 16.0 Å². The van der Waals surface area contributed by atoms with Crippen LogP contribution < -0.4 is 33.2 Å². The molecule has 0 spiro atoms. The second-order valence-corrected chi connectivity index (χ2v) is 7.09. The largest absolute Gasteiger partial charge is 0.480 e. The Balaban J connectivity index is 5.45. The van der Waals surface area contributed by atoms with E-state index in [4.69, 9.17) is 17.2 Å². The van der Waals surface area contributed by atoms with Gasteiger partial charge in [-0.15, -0.1) is 0 Å². The predicted molar refractivity (Wildman–Crippen MR) is 104 cm³/mol. The molecule has 0 bridgehead atoms. The highest BCUT2D eigenvalue weighted by Crippen LogP contribution is 2.07. The van der Waals surface area contributed by atoms with E-state index in [9.17, 15) is 33.9 Å².